The van der Waals surface area contributed by atoms with Crippen LogP contribution in [0.3, 0.4) is 0 Å². The Labute approximate surface area is 431 Å². The summed E-state index contributed by atoms with van der Waals surface area (Å²) in [6.07, 6.45) is 11.3. The van der Waals surface area contributed by atoms with Crippen LogP contribution in [-0.4, -0.2) is 66.1 Å². The van der Waals surface area contributed by atoms with Crippen molar-refractivity contribution in [2.45, 2.75) is 105 Å². The molecule has 2 aliphatic rings. The third-order valence-corrected chi connectivity index (χ3v) is 14.7. The molecule has 2 saturated heterocycles. The largest absolute Gasteiger partial charge is 0.381 e. The van der Waals surface area contributed by atoms with E-state index in [0.717, 1.165) is 152 Å². The summed E-state index contributed by atoms with van der Waals surface area (Å²) in [6.45, 7) is 18.2. The van der Waals surface area contributed by atoms with Crippen LogP contribution < -0.4 is 9.80 Å². The van der Waals surface area contributed by atoms with Gasteiger partial charge in [-0.1, -0.05) is 123 Å². The Balaban J connectivity index is 0.830. The Morgan fingerprint density at radius 2 is 0.639 bits per heavy atom. The van der Waals surface area contributed by atoms with Crippen molar-refractivity contribution in [1.29, 1.82) is 0 Å². The van der Waals surface area contributed by atoms with Crippen LogP contribution in [0.25, 0.3) is 11.1 Å². The second kappa shape index (κ2) is 27.1. The first-order valence-corrected chi connectivity index (χ1v) is 26.9. The van der Waals surface area contributed by atoms with Gasteiger partial charge in [-0.3, -0.25) is 0 Å². The van der Waals surface area contributed by atoms with E-state index in [1.165, 1.54) is 46.2 Å². The molecule has 8 rings (SSSR count). The Kier molecular flexibility index (Phi) is 19.9. The first-order valence-electron chi connectivity index (χ1n) is 26.9. The summed E-state index contributed by atoms with van der Waals surface area (Å²) >= 11 is 0. The minimum absolute atomic E-state index is 0.271. The van der Waals surface area contributed by atoms with Gasteiger partial charge in [0, 0.05) is 71.4 Å². The van der Waals surface area contributed by atoms with E-state index in [-0.39, 0.29) is 10.8 Å². The third-order valence-electron chi connectivity index (χ3n) is 14.7. The van der Waals surface area contributed by atoms with Gasteiger partial charge >= 0.3 is 0 Å². The fourth-order valence-electron chi connectivity index (χ4n) is 9.41. The summed E-state index contributed by atoms with van der Waals surface area (Å²) in [6, 6.07) is 53.0. The number of anilines is 6. The van der Waals surface area contributed by atoms with Gasteiger partial charge in [0.2, 0.25) is 0 Å². The van der Waals surface area contributed by atoms with E-state index in [9.17, 15) is 0 Å². The fraction of sp³-hybridized carbons (Fsp3) is 0.438. The van der Waals surface area contributed by atoms with Crippen molar-refractivity contribution in [3.8, 4) is 11.1 Å². The minimum atomic E-state index is 0.271. The van der Waals surface area contributed by atoms with E-state index >= 15 is 0 Å². The molecule has 2 fully saturated rings. The number of rotatable bonds is 31. The average molecular weight is 973 g/mol. The third kappa shape index (κ3) is 14.9. The highest BCUT2D eigenvalue weighted by molar-refractivity contribution is 5.81. The number of ether oxygens (including phenoxy) is 6. The average Bonchev–Trinajstić information content (AvgIpc) is 3.39. The number of nitrogens with zero attached hydrogens (tertiary/aromatic N) is 2. The second-order valence-electron chi connectivity index (χ2n) is 20.5. The molecule has 72 heavy (non-hydrogen) atoms. The minimum Gasteiger partial charge on any atom is -0.381 e. The van der Waals surface area contributed by atoms with E-state index in [1.807, 2.05) is 0 Å². The highest BCUT2D eigenvalue weighted by Gasteiger charge is 2.37. The molecular weight excluding hydrogens is 893 g/mol. The SMILES string of the molecule is CCC1(COCCCCCCOCc2ccc(N(c3ccc(C)cc3)c3ccc(-c4ccc(N(c5ccc(C)cc5)c5ccc(COCCCCCCOCC6(CC)COC6)cc5)cc4)cc3)cc2)COC1. The topological polar surface area (TPSA) is 61.9 Å². The Morgan fingerprint density at radius 1 is 0.361 bits per heavy atom. The number of unbranched alkanes of at least 4 members (excludes halogenated alkanes) is 6. The van der Waals surface area contributed by atoms with Crippen LogP contribution in [0.5, 0.6) is 0 Å². The molecular formula is C64H80N2O6. The van der Waals surface area contributed by atoms with Gasteiger partial charge in [0.05, 0.1) is 52.9 Å². The molecule has 6 aromatic carbocycles. The Bertz CT molecular complexity index is 2280. The van der Waals surface area contributed by atoms with Gasteiger partial charge in [-0.2, -0.15) is 0 Å². The quantitative estimate of drug-likeness (QED) is 0.0399. The zero-order valence-electron chi connectivity index (χ0n) is 43.8. The summed E-state index contributed by atoms with van der Waals surface area (Å²) in [4.78, 5) is 4.65. The molecule has 0 unspecified atom stereocenters. The lowest BCUT2D eigenvalue weighted by Crippen LogP contribution is -2.45. The lowest BCUT2D eigenvalue weighted by molar-refractivity contribution is -0.150. The van der Waals surface area contributed by atoms with E-state index in [2.05, 4.69) is 183 Å². The first kappa shape index (κ1) is 53.0. The molecule has 2 heterocycles. The zero-order valence-corrected chi connectivity index (χ0v) is 43.8. The van der Waals surface area contributed by atoms with Gasteiger partial charge in [-0.15, -0.1) is 0 Å². The molecule has 8 heteroatoms. The monoisotopic (exact) mass is 973 g/mol. The van der Waals surface area contributed by atoms with Crippen molar-refractivity contribution in [3.05, 3.63) is 168 Å². The van der Waals surface area contributed by atoms with Crippen LogP contribution in [0.4, 0.5) is 34.1 Å². The predicted octanol–water partition coefficient (Wildman–Crippen LogP) is 16.0. The van der Waals surface area contributed by atoms with Gasteiger partial charge in [-0.05, 0) is 147 Å². The molecule has 0 aliphatic carbocycles. The van der Waals surface area contributed by atoms with Crippen molar-refractivity contribution in [2.24, 2.45) is 10.8 Å². The Morgan fingerprint density at radius 3 is 0.917 bits per heavy atom. The van der Waals surface area contributed by atoms with Gasteiger partial charge in [0.1, 0.15) is 0 Å². The highest BCUT2D eigenvalue weighted by Crippen LogP contribution is 2.39. The molecule has 0 N–H and O–H groups in total. The van der Waals surface area contributed by atoms with Crippen LogP contribution >= 0.6 is 0 Å². The summed E-state index contributed by atoms with van der Waals surface area (Å²) in [7, 11) is 0. The van der Waals surface area contributed by atoms with E-state index in [1.54, 1.807) is 0 Å². The van der Waals surface area contributed by atoms with E-state index < -0.39 is 0 Å². The molecule has 0 spiro atoms. The molecule has 0 bridgehead atoms. The molecule has 0 atom stereocenters. The van der Waals surface area contributed by atoms with Crippen molar-refractivity contribution >= 4 is 34.1 Å². The number of hydrogen-bond donors (Lipinski definition) is 0. The van der Waals surface area contributed by atoms with Crippen LogP contribution in [0.2, 0.25) is 0 Å². The number of hydrogen-bond acceptors (Lipinski definition) is 8. The van der Waals surface area contributed by atoms with Crippen LogP contribution in [0.1, 0.15) is 100 Å². The van der Waals surface area contributed by atoms with Gasteiger partial charge in [0.15, 0.2) is 0 Å². The molecule has 0 aromatic heterocycles. The van der Waals surface area contributed by atoms with Crippen LogP contribution in [0, 0.1) is 24.7 Å². The Hall–Kier alpha value is -5.32. The molecule has 8 nitrogen and oxygen atoms in total. The molecule has 6 aromatic rings. The summed E-state index contributed by atoms with van der Waals surface area (Å²) in [5.41, 5.74) is 14.4. The summed E-state index contributed by atoms with van der Waals surface area (Å²) < 4.78 is 35.0. The number of benzene rings is 6. The number of aryl methyl sites for hydroxylation is 2. The standard InChI is InChI=1S/C64H80N2O6/c1-5-63(47-71-48-63)45-69-41-13-9-7-11-39-67-43-53-19-31-59(32-20-53)65(57-27-15-51(3)16-28-57)61-35-23-55(24-36-61)56-25-37-62(38-26-56)66(58-29-17-52(4)18-30-58)60-33-21-54(22-34-60)44-68-40-12-8-10-14-42-70-46-64(6-2)49-72-50-64/h15-38H,5-14,39-50H2,1-4H3. The maximum Gasteiger partial charge on any atom is 0.0716 e. The first-order chi connectivity index (χ1) is 35.3. The molecule has 382 valence electrons. The molecule has 0 radical (unpaired) electrons. The summed E-state index contributed by atoms with van der Waals surface area (Å²) in [5.74, 6) is 0. The lowest BCUT2D eigenvalue weighted by atomic mass is 9.84. The maximum atomic E-state index is 6.11. The van der Waals surface area contributed by atoms with Gasteiger partial charge in [0.25, 0.3) is 0 Å². The van der Waals surface area contributed by atoms with Gasteiger partial charge in [-0.25, -0.2) is 0 Å². The normalized spacial score (nSPS) is 14.7. The molecule has 0 saturated carbocycles. The second-order valence-corrected chi connectivity index (χ2v) is 20.5. The van der Waals surface area contributed by atoms with Crippen molar-refractivity contribution < 1.29 is 28.4 Å². The predicted molar refractivity (Wildman–Crippen MR) is 296 cm³/mol. The highest BCUT2D eigenvalue weighted by atomic mass is 16.5. The fourth-order valence-corrected chi connectivity index (χ4v) is 9.41. The van der Waals surface area contributed by atoms with Crippen LogP contribution in [-0.2, 0) is 41.6 Å². The molecule has 2 aliphatic heterocycles. The summed E-state index contributed by atoms with van der Waals surface area (Å²) in [5, 5.41) is 0. The van der Waals surface area contributed by atoms with E-state index in [0.29, 0.717) is 13.2 Å². The molecule has 0 amide bonds. The smallest absolute Gasteiger partial charge is 0.0716 e. The van der Waals surface area contributed by atoms with Crippen LogP contribution in [0.15, 0.2) is 146 Å². The van der Waals surface area contributed by atoms with E-state index in [4.69, 9.17) is 28.4 Å². The van der Waals surface area contributed by atoms with Crippen molar-refractivity contribution in [1.82, 2.24) is 0 Å². The maximum absolute atomic E-state index is 6.11. The van der Waals surface area contributed by atoms with Gasteiger partial charge < -0.3 is 38.2 Å². The zero-order chi connectivity index (χ0) is 49.9. The van der Waals surface area contributed by atoms with Crippen molar-refractivity contribution in [3.63, 3.8) is 0 Å². The lowest BCUT2D eigenvalue weighted by Gasteiger charge is -2.40. The van der Waals surface area contributed by atoms with Crippen molar-refractivity contribution in [2.75, 3.05) is 75.9 Å².